The summed E-state index contributed by atoms with van der Waals surface area (Å²) in [6, 6.07) is 1.51. The van der Waals surface area contributed by atoms with Crippen LogP contribution in [0.2, 0.25) is 0 Å². The van der Waals surface area contributed by atoms with Gasteiger partial charge in [0.05, 0.1) is 17.2 Å². The lowest BCUT2D eigenvalue weighted by atomic mass is 10.2. The summed E-state index contributed by atoms with van der Waals surface area (Å²) in [5, 5.41) is 6.81. The van der Waals surface area contributed by atoms with Crippen molar-refractivity contribution in [2.45, 2.75) is 25.9 Å². The summed E-state index contributed by atoms with van der Waals surface area (Å²) in [6.07, 6.45) is 0.513. The molecule has 9 heteroatoms. The number of aromatic nitrogens is 1. The second-order valence-electron chi connectivity index (χ2n) is 6.24. The maximum atomic E-state index is 12.2. The van der Waals surface area contributed by atoms with Gasteiger partial charge in [0.1, 0.15) is 5.76 Å². The van der Waals surface area contributed by atoms with Gasteiger partial charge in [-0.2, -0.15) is 0 Å². The van der Waals surface area contributed by atoms with E-state index in [1.807, 2.05) is 13.0 Å². The zero-order valence-corrected chi connectivity index (χ0v) is 14.0. The van der Waals surface area contributed by atoms with E-state index < -0.39 is 9.84 Å². The number of rotatable bonds is 3. The van der Waals surface area contributed by atoms with Crippen LogP contribution in [0, 0.1) is 6.92 Å². The molecule has 128 valence electrons. The lowest BCUT2D eigenvalue weighted by Gasteiger charge is -2.34. The van der Waals surface area contributed by atoms with Gasteiger partial charge in [-0.1, -0.05) is 5.16 Å². The highest BCUT2D eigenvalue weighted by Gasteiger charge is 2.31. The van der Waals surface area contributed by atoms with E-state index in [9.17, 15) is 13.2 Å². The van der Waals surface area contributed by atoms with Gasteiger partial charge in [0.15, 0.2) is 9.84 Å². The van der Waals surface area contributed by atoms with Crippen LogP contribution in [0.4, 0.5) is 4.79 Å². The summed E-state index contributed by atoms with van der Waals surface area (Å²) in [7, 11) is -2.97. The molecule has 0 bridgehead atoms. The molecule has 2 aliphatic rings. The second kappa shape index (κ2) is 6.48. The largest absolute Gasteiger partial charge is 0.361 e. The Kier molecular flexibility index (Phi) is 4.58. The smallest absolute Gasteiger partial charge is 0.317 e. The highest BCUT2D eigenvalue weighted by Crippen LogP contribution is 2.13. The number of sulfone groups is 1. The number of carbonyl (C=O) groups is 1. The van der Waals surface area contributed by atoms with E-state index in [0.29, 0.717) is 26.1 Å². The number of hydrogen-bond donors (Lipinski definition) is 1. The first-order chi connectivity index (χ1) is 10.9. The van der Waals surface area contributed by atoms with Crippen molar-refractivity contribution in [3.63, 3.8) is 0 Å². The fraction of sp³-hybridized carbons (Fsp3) is 0.714. The molecule has 3 heterocycles. The first kappa shape index (κ1) is 16.3. The molecular formula is C14H22N4O4S. The fourth-order valence-corrected chi connectivity index (χ4v) is 4.68. The van der Waals surface area contributed by atoms with Gasteiger partial charge < -0.3 is 14.7 Å². The summed E-state index contributed by atoms with van der Waals surface area (Å²) in [6.45, 7) is 5.37. The second-order valence-corrected chi connectivity index (χ2v) is 8.47. The molecule has 23 heavy (non-hydrogen) atoms. The minimum absolute atomic E-state index is 0.0597. The number of hydrogen-bond acceptors (Lipinski definition) is 6. The van der Waals surface area contributed by atoms with E-state index in [2.05, 4.69) is 15.4 Å². The number of urea groups is 1. The third-order valence-corrected chi connectivity index (χ3v) is 6.05. The number of amides is 2. The monoisotopic (exact) mass is 342 g/mol. The summed E-state index contributed by atoms with van der Waals surface area (Å²) < 4.78 is 27.9. The molecule has 0 saturated carbocycles. The topological polar surface area (TPSA) is 95.8 Å². The molecule has 0 spiro atoms. The Morgan fingerprint density at radius 1 is 1.39 bits per heavy atom. The number of aryl methyl sites for hydroxylation is 1. The molecule has 0 unspecified atom stereocenters. The predicted molar refractivity (Wildman–Crippen MR) is 83.7 cm³/mol. The van der Waals surface area contributed by atoms with E-state index >= 15 is 0 Å². The summed E-state index contributed by atoms with van der Waals surface area (Å²) >= 11 is 0. The molecule has 1 atom stereocenters. The third kappa shape index (κ3) is 4.23. The number of carbonyl (C=O) groups excluding carboxylic acids is 1. The van der Waals surface area contributed by atoms with Gasteiger partial charge in [-0.05, 0) is 13.3 Å². The molecule has 0 radical (unpaired) electrons. The first-order valence-corrected chi connectivity index (χ1v) is 9.64. The van der Waals surface area contributed by atoms with Crippen LogP contribution in [0.1, 0.15) is 17.9 Å². The molecular weight excluding hydrogens is 320 g/mol. The van der Waals surface area contributed by atoms with Crippen molar-refractivity contribution in [1.29, 1.82) is 0 Å². The van der Waals surface area contributed by atoms with Crippen molar-refractivity contribution in [2.75, 3.05) is 37.7 Å². The van der Waals surface area contributed by atoms with Gasteiger partial charge in [0, 0.05) is 44.8 Å². The van der Waals surface area contributed by atoms with Crippen LogP contribution in [-0.4, -0.2) is 73.1 Å². The fourth-order valence-electron chi connectivity index (χ4n) is 3.01. The SMILES string of the molecule is Cc1cc(CN2CCN(C(=O)N[C@@H]3CCS(=O)(=O)C3)CC2)no1. The Balaban J connectivity index is 1.44. The van der Waals surface area contributed by atoms with E-state index in [1.54, 1.807) is 4.90 Å². The molecule has 2 aliphatic heterocycles. The van der Waals surface area contributed by atoms with Crippen LogP contribution in [0.15, 0.2) is 10.6 Å². The molecule has 1 aromatic heterocycles. The highest BCUT2D eigenvalue weighted by molar-refractivity contribution is 7.91. The van der Waals surface area contributed by atoms with Crippen molar-refractivity contribution in [3.05, 3.63) is 17.5 Å². The Morgan fingerprint density at radius 3 is 2.70 bits per heavy atom. The average Bonchev–Trinajstić information content (AvgIpc) is 3.05. The average molecular weight is 342 g/mol. The van der Waals surface area contributed by atoms with Gasteiger partial charge in [-0.3, -0.25) is 4.90 Å². The maximum Gasteiger partial charge on any atom is 0.317 e. The minimum atomic E-state index is -2.97. The summed E-state index contributed by atoms with van der Waals surface area (Å²) in [5.41, 5.74) is 0.900. The number of nitrogens with zero attached hydrogens (tertiary/aromatic N) is 3. The van der Waals surface area contributed by atoms with Crippen LogP contribution in [0.5, 0.6) is 0 Å². The van der Waals surface area contributed by atoms with Crippen molar-refractivity contribution in [2.24, 2.45) is 0 Å². The van der Waals surface area contributed by atoms with Gasteiger partial charge >= 0.3 is 6.03 Å². The molecule has 0 aliphatic carbocycles. The molecule has 1 aromatic rings. The van der Waals surface area contributed by atoms with Gasteiger partial charge in [0.25, 0.3) is 0 Å². The summed E-state index contributed by atoms with van der Waals surface area (Å²) in [4.78, 5) is 16.2. The van der Waals surface area contributed by atoms with E-state index in [1.165, 1.54) is 0 Å². The first-order valence-electron chi connectivity index (χ1n) is 7.82. The van der Waals surface area contributed by atoms with Crippen LogP contribution in [0.25, 0.3) is 0 Å². The van der Waals surface area contributed by atoms with E-state index in [0.717, 1.165) is 24.5 Å². The van der Waals surface area contributed by atoms with Crippen molar-refractivity contribution in [1.82, 2.24) is 20.3 Å². The predicted octanol–water partition coefficient (Wildman–Crippen LogP) is -0.00268. The zero-order chi connectivity index (χ0) is 16.4. The lowest BCUT2D eigenvalue weighted by Crippen LogP contribution is -2.53. The number of nitrogens with one attached hydrogen (secondary N) is 1. The van der Waals surface area contributed by atoms with Gasteiger partial charge in [-0.25, -0.2) is 13.2 Å². The van der Waals surface area contributed by atoms with Crippen molar-refractivity contribution in [3.8, 4) is 0 Å². The Morgan fingerprint density at radius 2 is 2.13 bits per heavy atom. The molecule has 8 nitrogen and oxygen atoms in total. The van der Waals surface area contributed by atoms with Gasteiger partial charge in [0.2, 0.25) is 0 Å². The zero-order valence-electron chi connectivity index (χ0n) is 13.2. The van der Waals surface area contributed by atoms with Gasteiger partial charge in [-0.15, -0.1) is 0 Å². The Hall–Kier alpha value is -1.61. The van der Waals surface area contributed by atoms with Crippen molar-refractivity contribution < 1.29 is 17.7 Å². The molecule has 2 amide bonds. The third-order valence-electron chi connectivity index (χ3n) is 4.28. The Labute approximate surface area is 135 Å². The quantitative estimate of drug-likeness (QED) is 0.830. The summed E-state index contributed by atoms with van der Waals surface area (Å²) in [5.74, 6) is 1.03. The molecule has 1 N–H and O–H groups in total. The van der Waals surface area contributed by atoms with Crippen LogP contribution < -0.4 is 5.32 Å². The van der Waals surface area contributed by atoms with Crippen LogP contribution in [0.3, 0.4) is 0 Å². The van der Waals surface area contributed by atoms with Crippen molar-refractivity contribution >= 4 is 15.9 Å². The van der Waals surface area contributed by atoms with E-state index in [4.69, 9.17) is 4.52 Å². The molecule has 0 aromatic carbocycles. The number of piperazine rings is 1. The minimum Gasteiger partial charge on any atom is -0.361 e. The maximum absolute atomic E-state index is 12.2. The standard InChI is InChI=1S/C14H22N4O4S/c1-11-8-13(16-22-11)9-17-3-5-18(6-4-17)14(19)15-12-2-7-23(20,21)10-12/h8,12H,2-7,9-10H2,1H3,(H,15,19)/t12-/m1/s1. The Bertz CT molecular complexity index is 664. The molecule has 3 rings (SSSR count). The normalized spacial score (nSPS) is 24.7. The highest BCUT2D eigenvalue weighted by atomic mass is 32.2. The lowest BCUT2D eigenvalue weighted by molar-refractivity contribution is 0.132. The van der Waals surface area contributed by atoms with Crippen LogP contribution in [-0.2, 0) is 16.4 Å². The van der Waals surface area contributed by atoms with Crippen LogP contribution >= 0.6 is 0 Å². The van der Waals surface area contributed by atoms with E-state index in [-0.39, 0.29) is 23.6 Å². The molecule has 2 fully saturated rings. The molecule has 2 saturated heterocycles.